The minimum absolute atomic E-state index is 0.00785. The first kappa shape index (κ1) is 13.9. The summed E-state index contributed by atoms with van der Waals surface area (Å²) in [5.41, 5.74) is 1.13. The van der Waals surface area contributed by atoms with E-state index in [1.165, 1.54) is 10.8 Å². The van der Waals surface area contributed by atoms with E-state index in [0.29, 0.717) is 6.61 Å². The standard InChI is InChI=1S/C16H18O2S/c1-3-18-16(17)15(19)11(2)13-10-6-8-12-7-4-5-9-14(12)13/h4-11,15,19H,3H2,1-2H3. The number of hydrogen-bond acceptors (Lipinski definition) is 3. The molecule has 3 heteroatoms. The van der Waals surface area contributed by atoms with Crippen molar-refractivity contribution in [1.29, 1.82) is 0 Å². The van der Waals surface area contributed by atoms with Gasteiger partial charge in [0.05, 0.1) is 6.61 Å². The second kappa shape index (κ2) is 6.11. The van der Waals surface area contributed by atoms with Gasteiger partial charge in [0, 0.05) is 5.92 Å². The highest BCUT2D eigenvalue weighted by molar-refractivity contribution is 7.81. The van der Waals surface area contributed by atoms with Gasteiger partial charge in [-0.3, -0.25) is 4.79 Å². The van der Waals surface area contributed by atoms with E-state index in [9.17, 15) is 4.79 Å². The van der Waals surface area contributed by atoms with E-state index in [1.807, 2.05) is 25.1 Å². The van der Waals surface area contributed by atoms with E-state index in [0.717, 1.165) is 5.56 Å². The van der Waals surface area contributed by atoms with Crippen molar-refractivity contribution in [3.05, 3.63) is 48.0 Å². The average molecular weight is 274 g/mol. The molecule has 0 aromatic heterocycles. The molecular weight excluding hydrogens is 256 g/mol. The van der Waals surface area contributed by atoms with Crippen LogP contribution in [0.15, 0.2) is 42.5 Å². The maximum Gasteiger partial charge on any atom is 0.319 e. The van der Waals surface area contributed by atoms with Gasteiger partial charge in [0.2, 0.25) is 0 Å². The molecule has 100 valence electrons. The van der Waals surface area contributed by atoms with Crippen molar-refractivity contribution in [2.75, 3.05) is 6.61 Å². The van der Waals surface area contributed by atoms with Crippen LogP contribution in [0.5, 0.6) is 0 Å². The zero-order valence-corrected chi connectivity index (χ0v) is 12.1. The highest BCUT2D eigenvalue weighted by atomic mass is 32.1. The van der Waals surface area contributed by atoms with Crippen LogP contribution in [0.4, 0.5) is 0 Å². The summed E-state index contributed by atoms with van der Waals surface area (Å²) in [7, 11) is 0. The molecule has 0 radical (unpaired) electrons. The van der Waals surface area contributed by atoms with Crippen LogP contribution in [0.2, 0.25) is 0 Å². The highest BCUT2D eigenvalue weighted by Crippen LogP contribution is 2.30. The summed E-state index contributed by atoms with van der Waals surface area (Å²) >= 11 is 4.42. The Kier molecular flexibility index (Phi) is 4.48. The number of thiol groups is 1. The van der Waals surface area contributed by atoms with Gasteiger partial charge >= 0.3 is 5.97 Å². The molecule has 0 spiro atoms. The molecule has 0 N–H and O–H groups in total. The fourth-order valence-corrected chi connectivity index (χ4v) is 2.48. The number of carbonyl (C=O) groups excluding carboxylic acids is 1. The molecule has 2 unspecified atom stereocenters. The third kappa shape index (κ3) is 2.92. The van der Waals surface area contributed by atoms with Crippen molar-refractivity contribution >= 4 is 29.4 Å². The van der Waals surface area contributed by atoms with Gasteiger partial charge in [-0.15, -0.1) is 0 Å². The molecule has 2 aromatic rings. The van der Waals surface area contributed by atoms with Gasteiger partial charge in [-0.1, -0.05) is 49.4 Å². The Morgan fingerprint density at radius 2 is 1.89 bits per heavy atom. The summed E-state index contributed by atoms with van der Waals surface area (Å²) in [4.78, 5) is 11.8. The fraction of sp³-hybridized carbons (Fsp3) is 0.312. The van der Waals surface area contributed by atoms with Crippen molar-refractivity contribution in [3.63, 3.8) is 0 Å². The number of rotatable bonds is 4. The lowest BCUT2D eigenvalue weighted by atomic mass is 9.92. The normalized spacial score (nSPS) is 14.1. The average Bonchev–Trinajstić information content (AvgIpc) is 2.45. The molecular formula is C16H18O2S. The van der Waals surface area contributed by atoms with Gasteiger partial charge < -0.3 is 4.74 Å². The Morgan fingerprint density at radius 3 is 2.63 bits per heavy atom. The van der Waals surface area contributed by atoms with Gasteiger partial charge in [-0.25, -0.2) is 0 Å². The highest BCUT2D eigenvalue weighted by Gasteiger charge is 2.24. The molecule has 2 nitrogen and oxygen atoms in total. The monoisotopic (exact) mass is 274 g/mol. The molecule has 2 rings (SSSR count). The second-order valence-electron chi connectivity index (χ2n) is 4.55. The molecule has 0 aliphatic carbocycles. The van der Waals surface area contributed by atoms with Crippen LogP contribution in [0.3, 0.4) is 0 Å². The topological polar surface area (TPSA) is 26.3 Å². The van der Waals surface area contributed by atoms with E-state index in [4.69, 9.17) is 4.74 Å². The summed E-state index contributed by atoms with van der Waals surface area (Å²) in [5, 5.41) is 1.91. The van der Waals surface area contributed by atoms with Gasteiger partial charge in [-0.05, 0) is 23.3 Å². The molecule has 2 aromatic carbocycles. The van der Waals surface area contributed by atoms with Crippen LogP contribution in [-0.2, 0) is 9.53 Å². The Bertz CT molecular complexity index is 574. The lowest BCUT2D eigenvalue weighted by Crippen LogP contribution is -2.23. The molecule has 0 aliphatic rings. The van der Waals surface area contributed by atoms with Gasteiger partial charge in [-0.2, -0.15) is 12.6 Å². The SMILES string of the molecule is CCOC(=O)C(S)C(C)c1cccc2ccccc12. The van der Waals surface area contributed by atoms with Gasteiger partial charge in [0.1, 0.15) is 5.25 Å². The van der Waals surface area contributed by atoms with E-state index in [1.54, 1.807) is 6.92 Å². The second-order valence-corrected chi connectivity index (χ2v) is 5.11. The van der Waals surface area contributed by atoms with Crippen LogP contribution in [-0.4, -0.2) is 17.8 Å². The molecule has 0 amide bonds. The molecule has 19 heavy (non-hydrogen) atoms. The molecule has 0 saturated heterocycles. The van der Waals surface area contributed by atoms with Gasteiger partial charge in [0.25, 0.3) is 0 Å². The van der Waals surface area contributed by atoms with Crippen molar-refractivity contribution in [1.82, 2.24) is 0 Å². The van der Waals surface area contributed by atoms with Crippen LogP contribution < -0.4 is 0 Å². The largest absolute Gasteiger partial charge is 0.465 e. The van der Waals surface area contributed by atoms with Crippen molar-refractivity contribution < 1.29 is 9.53 Å². The zero-order valence-electron chi connectivity index (χ0n) is 11.2. The van der Waals surface area contributed by atoms with Crippen molar-refractivity contribution in [3.8, 4) is 0 Å². The van der Waals surface area contributed by atoms with E-state index >= 15 is 0 Å². The smallest absolute Gasteiger partial charge is 0.319 e. The quantitative estimate of drug-likeness (QED) is 0.678. The number of hydrogen-bond donors (Lipinski definition) is 1. The van der Waals surface area contributed by atoms with Crippen LogP contribution in [0.25, 0.3) is 10.8 Å². The Labute approximate surface area is 119 Å². The fourth-order valence-electron chi connectivity index (χ4n) is 2.25. The van der Waals surface area contributed by atoms with Crippen LogP contribution in [0.1, 0.15) is 25.3 Å². The molecule has 0 heterocycles. The predicted molar refractivity (Wildman–Crippen MR) is 81.8 cm³/mol. The summed E-state index contributed by atoms with van der Waals surface area (Å²) < 4.78 is 5.04. The van der Waals surface area contributed by atoms with Gasteiger partial charge in [0.15, 0.2) is 0 Å². The Hall–Kier alpha value is -1.48. The van der Waals surface area contributed by atoms with E-state index in [2.05, 4.69) is 36.9 Å². The number of ether oxygens (including phenoxy) is 1. The molecule has 0 saturated carbocycles. The summed E-state index contributed by atoms with van der Waals surface area (Å²) in [6, 6.07) is 14.3. The minimum atomic E-state index is -0.439. The number of fused-ring (bicyclic) bond motifs is 1. The Morgan fingerprint density at radius 1 is 1.21 bits per heavy atom. The summed E-state index contributed by atoms with van der Waals surface area (Å²) in [6.45, 7) is 4.20. The Balaban J connectivity index is 2.36. The van der Waals surface area contributed by atoms with E-state index < -0.39 is 5.25 Å². The van der Waals surface area contributed by atoms with E-state index in [-0.39, 0.29) is 11.9 Å². The minimum Gasteiger partial charge on any atom is -0.465 e. The van der Waals surface area contributed by atoms with Crippen molar-refractivity contribution in [2.45, 2.75) is 25.0 Å². The lowest BCUT2D eigenvalue weighted by Gasteiger charge is -2.19. The molecule has 2 atom stereocenters. The first-order valence-electron chi connectivity index (χ1n) is 6.47. The molecule has 0 bridgehead atoms. The predicted octanol–water partition coefficient (Wildman–Crippen LogP) is 3.80. The first-order chi connectivity index (χ1) is 9.15. The molecule has 0 aliphatic heterocycles. The lowest BCUT2D eigenvalue weighted by molar-refractivity contribution is -0.142. The summed E-state index contributed by atoms with van der Waals surface area (Å²) in [6.07, 6.45) is 0. The number of carbonyl (C=O) groups is 1. The number of benzene rings is 2. The zero-order chi connectivity index (χ0) is 13.8. The maximum atomic E-state index is 11.8. The molecule has 0 fully saturated rings. The van der Waals surface area contributed by atoms with Crippen LogP contribution in [0, 0.1) is 0 Å². The van der Waals surface area contributed by atoms with Crippen LogP contribution >= 0.6 is 12.6 Å². The third-order valence-electron chi connectivity index (χ3n) is 3.32. The summed E-state index contributed by atoms with van der Waals surface area (Å²) in [5.74, 6) is -0.250. The first-order valence-corrected chi connectivity index (χ1v) is 6.99. The maximum absolute atomic E-state index is 11.8. The third-order valence-corrected chi connectivity index (χ3v) is 3.97. The van der Waals surface area contributed by atoms with Crippen molar-refractivity contribution in [2.24, 2.45) is 0 Å². The number of esters is 1.